The molecule has 1 saturated carbocycles. The number of hydrogen-bond acceptors (Lipinski definition) is 6. The van der Waals surface area contributed by atoms with Crippen LogP contribution in [0.5, 0.6) is 0 Å². The van der Waals surface area contributed by atoms with Gasteiger partial charge in [-0.3, -0.25) is 0 Å². The average Bonchev–Trinajstić information content (AvgIpc) is 2.85. The van der Waals surface area contributed by atoms with Crippen LogP contribution in [0.15, 0.2) is 4.52 Å². The Morgan fingerprint density at radius 2 is 1.95 bits per heavy atom. The standard InChI is InChI=1S/C13H21N3OS2/c14-13(5-3-1-2-4-6-13)12-15-11(16-17-12)10-9-18-7-8-19-10/h10H,1-9,14H2. The molecule has 2 aliphatic rings. The Kier molecular flexibility index (Phi) is 4.39. The lowest BCUT2D eigenvalue weighted by Crippen LogP contribution is -2.36. The smallest absolute Gasteiger partial charge is 0.246 e. The molecule has 0 amide bonds. The predicted molar refractivity (Wildman–Crippen MR) is 80.4 cm³/mol. The molecule has 0 spiro atoms. The third-order valence-corrected chi connectivity index (χ3v) is 6.72. The normalized spacial score (nSPS) is 27.9. The molecule has 2 heterocycles. The van der Waals surface area contributed by atoms with Crippen LogP contribution in [0.2, 0.25) is 0 Å². The lowest BCUT2D eigenvalue weighted by molar-refractivity contribution is 0.256. The van der Waals surface area contributed by atoms with Crippen molar-refractivity contribution in [1.29, 1.82) is 0 Å². The molecule has 1 aliphatic carbocycles. The van der Waals surface area contributed by atoms with Crippen molar-refractivity contribution in [3.8, 4) is 0 Å². The van der Waals surface area contributed by atoms with Gasteiger partial charge in [-0.05, 0) is 12.8 Å². The molecule has 0 aromatic carbocycles. The van der Waals surface area contributed by atoms with Gasteiger partial charge in [0.2, 0.25) is 5.89 Å². The topological polar surface area (TPSA) is 64.9 Å². The van der Waals surface area contributed by atoms with Crippen molar-refractivity contribution >= 4 is 23.5 Å². The van der Waals surface area contributed by atoms with Crippen LogP contribution in [0.4, 0.5) is 0 Å². The maximum absolute atomic E-state index is 6.51. The molecule has 2 fully saturated rings. The van der Waals surface area contributed by atoms with Crippen molar-refractivity contribution in [2.45, 2.75) is 49.3 Å². The third-order valence-electron chi connectivity index (χ3n) is 3.97. The SMILES string of the molecule is NC1(c2nc(C3CSCCS3)no2)CCCCCC1. The number of hydrogen-bond donors (Lipinski definition) is 1. The summed E-state index contributed by atoms with van der Waals surface area (Å²) < 4.78 is 5.51. The van der Waals surface area contributed by atoms with E-state index in [-0.39, 0.29) is 5.54 Å². The number of rotatable bonds is 2. The second-order valence-corrected chi connectivity index (χ2v) is 7.92. The van der Waals surface area contributed by atoms with E-state index in [1.807, 2.05) is 23.5 Å². The summed E-state index contributed by atoms with van der Waals surface area (Å²) in [5, 5.41) is 4.57. The maximum Gasteiger partial charge on any atom is 0.246 e. The van der Waals surface area contributed by atoms with Crippen molar-refractivity contribution in [2.75, 3.05) is 17.3 Å². The van der Waals surface area contributed by atoms with E-state index in [1.165, 1.54) is 37.2 Å². The molecule has 2 N–H and O–H groups in total. The highest BCUT2D eigenvalue weighted by molar-refractivity contribution is 8.06. The molecule has 106 valence electrons. The molecular weight excluding hydrogens is 278 g/mol. The first-order valence-corrected chi connectivity index (χ1v) is 9.31. The van der Waals surface area contributed by atoms with E-state index in [1.54, 1.807) is 0 Å². The van der Waals surface area contributed by atoms with Gasteiger partial charge in [-0.25, -0.2) is 0 Å². The molecule has 3 rings (SSSR count). The van der Waals surface area contributed by atoms with Crippen molar-refractivity contribution in [3.05, 3.63) is 11.7 Å². The monoisotopic (exact) mass is 299 g/mol. The van der Waals surface area contributed by atoms with Gasteiger partial charge in [0.05, 0.1) is 10.8 Å². The van der Waals surface area contributed by atoms with E-state index in [4.69, 9.17) is 10.3 Å². The molecule has 1 saturated heterocycles. The number of nitrogens with two attached hydrogens (primary N) is 1. The zero-order valence-electron chi connectivity index (χ0n) is 11.1. The molecule has 1 aliphatic heterocycles. The third kappa shape index (κ3) is 3.11. The van der Waals surface area contributed by atoms with Gasteiger partial charge in [-0.15, -0.1) is 11.8 Å². The van der Waals surface area contributed by atoms with Gasteiger partial charge >= 0.3 is 0 Å². The molecule has 1 unspecified atom stereocenters. The Labute approximate surface area is 122 Å². The summed E-state index contributed by atoms with van der Waals surface area (Å²) in [6.45, 7) is 0. The zero-order valence-corrected chi connectivity index (χ0v) is 12.8. The van der Waals surface area contributed by atoms with Gasteiger partial charge in [-0.2, -0.15) is 16.7 Å². The van der Waals surface area contributed by atoms with Gasteiger partial charge < -0.3 is 10.3 Å². The maximum atomic E-state index is 6.51. The summed E-state index contributed by atoms with van der Waals surface area (Å²) in [4.78, 5) is 4.63. The van der Waals surface area contributed by atoms with Crippen LogP contribution in [0.1, 0.15) is 55.5 Å². The second kappa shape index (κ2) is 6.06. The van der Waals surface area contributed by atoms with Gasteiger partial charge in [0.1, 0.15) is 0 Å². The quantitative estimate of drug-likeness (QED) is 0.847. The lowest BCUT2D eigenvalue weighted by Gasteiger charge is -2.23. The van der Waals surface area contributed by atoms with E-state index < -0.39 is 0 Å². The van der Waals surface area contributed by atoms with E-state index >= 15 is 0 Å². The van der Waals surface area contributed by atoms with Crippen molar-refractivity contribution in [3.63, 3.8) is 0 Å². The van der Waals surface area contributed by atoms with E-state index in [0.717, 1.165) is 24.4 Å². The van der Waals surface area contributed by atoms with Crippen molar-refractivity contribution in [2.24, 2.45) is 5.73 Å². The number of nitrogens with zero attached hydrogens (tertiary/aromatic N) is 2. The highest BCUT2D eigenvalue weighted by Gasteiger charge is 2.35. The summed E-state index contributed by atoms with van der Waals surface area (Å²) in [6, 6.07) is 0. The molecule has 0 bridgehead atoms. The lowest BCUT2D eigenvalue weighted by atomic mass is 9.91. The molecular formula is C13H21N3OS2. The van der Waals surface area contributed by atoms with Crippen LogP contribution >= 0.6 is 23.5 Å². The zero-order chi connectivity index (χ0) is 13.1. The fraction of sp³-hybridized carbons (Fsp3) is 0.846. The van der Waals surface area contributed by atoms with Gasteiger partial charge in [0.25, 0.3) is 0 Å². The van der Waals surface area contributed by atoms with Crippen LogP contribution < -0.4 is 5.73 Å². The van der Waals surface area contributed by atoms with Crippen LogP contribution in [0.3, 0.4) is 0 Å². The van der Waals surface area contributed by atoms with Crippen molar-refractivity contribution in [1.82, 2.24) is 10.1 Å². The minimum Gasteiger partial charge on any atom is -0.337 e. The minimum atomic E-state index is -0.381. The Morgan fingerprint density at radius 3 is 2.63 bits per heavy atom. The predicted octanol–water partition coefficient (Wildman–Crippen LogP) is 3.10. The Morgan fingerprint density at radius 1 is 1.16 bits per heavy atom. The van der Waals surface area contributed by atoms with Gasteiger partial charge in [0.15, 0.2) is 5.82 Å². The van der Waals surface area contributed by atoms with Gasteiger partial charge in [-0.1, -0.05) is 30.8 Å². The highest BCUT2D eigenvalue weighted by atomic mass is 32.2. The molecule has 4 nitrogen and oxygen atoms in total. The summed E-state index contributed by atoms with van der Waals surface area (Å²) in [6.07, 6.45) is 6.83. The fourth-order valence-corrected chi connectivity index (χ4v) is 5.37. The average molecular weight is 299 g/mol. The highest BCUT2D eigenvalue weighted by Crippen LogP contribution is 2.37. The van der Waals surface area contributed by atoms with Crippen LogP contribution in [0.25, 0.3) is 0 Å². The summed E-state index contributed by atoms with van der Waals surface area (Å²) in [5.74, 6) is 5.00. The van der Waals surface area contributed by atoms with E-state index in [0.29, 0.717) is 11.1 Å². The largest absolute Gasteiger partial charge is 0.337 e. The first kappa shape index (κ1) is 13.8. The Balaban J connectivity index is 1.75. The van der Waals surface area contributed by atoms with Crippen LogP contribution in [0, 0.1) is 0 Å². The fourth-order valence-electron chi connectivity index (χ4n) is 2.78. The summed E-state index contributed by atoms with van der Waals surface area (Å²) in [7, 11) is 0. The van der Waals surface area contributed by atoms with Crippen LogP contribution in [-0.2, 0) is 5.54 Å². The molecule has 1 atom stereocenters. The van der Waals surface area contributed by atoms with Crippen molar-refractivity contribution < 1.29 is 4.52 Å². The molecule has 19 heavy (non-hydrogen) atoms. The van der Waals surface area contributed by atoms with Crippen LogP contribution in [-0.4, -0.2) is 27.4 Å². The molecule has 6 heteroatoms. The molecule has 1 aromatic rings. The number of thioether (sulfide) groups is 2. The Bertz CT molecular complexity index is 410. The number of aromatic nitrogens is 2. The summed E-state index contributed by atoms with van der Waals surface area (Å²) in [5.41, 5.74) is 6.13. The first-order chi connectivity index (χ1) is 9.28. The first-order valence-electron chi connectivity index (χ1n) is 7.10. The van der Waals surface area contributed by atoms with Gasteiger partial charge in [0, 0.05) is 17.3 Å². The minimum absolute atomic E-state index is 0.380. The Hall–Kier alpha value is -0.200. The van der Waals surface area contributed by atoms with E-state index in [2.05, 4.69) is 10.1 Å². The second-order valence-electron chi connectivity index (χ2n) is 5.46. The molecule has 0 radical (unpaired) electrons. The molecule has 1 aromatic heterocycles. The summed E-state index contributed by atoms with van der Waals surface area (Å²) >= 11 is 3.90. The van der Waals surface area contributed by atoms with E-state index in [9.17, 15) is 0 Å².